The molecular formula is C12H15BrFN3O. The predicted molar refractivity (Wildman–Crippen MR) is 70.7 cm³/mol. The van der Waals surface area contributed by atoms with Crippen LogP contribution in [0.1, 0.15) is 25.7 Å². The van der Waals surface area contributed by atoms with E-state index in [2.05, 4.69) is 20.9 Å². The first-order valence-corrected chi connectivity index (χ1v) is 6.73. The SMILES string of the molecule is NC(=O)CN(c1ncc(Br)cc1F)C1CCCC1. The minimum absolute atomic E-state index is 0.0101. The van der Waals surface area contributed by atoms with Gasteiger partial charge in [0.05, 0.1) is 6.54 Å². The van der Waals surface area contributed by atoms with Gasteiger partial charge in [-0.15, -0.1) is 0 Å². The Kier molecular flexibility index (Phi) is 4.16. The number of anilines is 1. The van der Waals surface area contributed by atoms with Crippen LogP contribution in [0.4, 0.5) is 10.2 Å². The number of aromatic nitrogens is 1. The first-order valence-electron chi connectivity index (χ1n) is 5.94. The number of hydrogen-bond donors (Lipinski definition) is 1. The maximum Gasteiger partial charge on any atom is 0.237 e. The minimum atomic E-state index is -0.467. The van der Waals surface area contributed by atoms with E-state index in [9.17, 15) is 9.18 Å². The van der Waals surface area contributed by atoms with Gasteiger partial charge in [0.2, 0.25) is 5.91 Å². The zero-order chi connectivity index (χ0) is 13.1. The van der Waals surface area contributed by atoms with E-state index in [1.165, 1.54) is 12.3 Å². The Morgan fingerprint density at radius 1 is 1.56 bits per heavy atom. The van der Waals surface area contributed by atoms with Gasteiger partial charge in [-0.05, 0) is 34.8 Å². The molecule has 1 aromatic heterocycles. The molecule has 0 aliphatic heterocycles. The predicted octanol–water partition coefficient (Wildman–Crippen LogP) is 2.22. The molecular weight excluding hydrogens is 301 g/mol. The van der Waals surface area contributed by atoms with E-state index < -0.39 is 11.7 Å². The van der Waals surface area contributed by atoms with E-state index in [-0.39, 0.29) is 18.4 Å². The molecule has 18 heavy (non-hydrogen) atoms. The first-order chi connectivity index (χ1) is 8.58. The second-order valence-corrected chi connectivity index (χ2v) is 5.41. The molecule has 2 N–H and O–H groups in total. The summed E-state index contributed by atoms with van der Waals surface area (Å²) in [6.45, 7) is 0.0101. The Hall–Kier alpha value is -1.17. The topological polar surface area (TPSA) is 59.2 Å². The molecule has 0 atom stereocenters. The molecule has 2 rings (SSSR count). The summed E-state index contributed by atoms with van der Waals surface area (Å²) in [5, 5.41) is 0. The number of carbonyl (C=O) groups excluding carboxylic acids is 1. The molecule has 0 radical (unpaired) electrons. The highest BCUT2D eigenvalue weighted by molar-refractivity contribution is 9.10. The third-order valence-electron chi connectivity index (χ3n) is 3.15. The Bertz CT molecular complexity index is 449. The van der Waals surface area contributed by atoms with E-state index >= 15 is 0 Å². The van der Waals surface area contributed by atoms with Gasteiger partial charge < -0.3 is 10.6 Å². The molecule has 1 saturated carbocycles. The molecule has 98 valence electrons. The van der Waals surface area contributed by atoms with Crippen LogP contribution >= 0.6 is 15.9 Å². The molecule has 0 bridgehead atoms. The highest BCUT2D eigenvalue weighted by Gasteiger charge is 2.26. The van der Waals surface area contributed by atoms with Crippen LogP contribution < -0.4 is 10.6 Å². The van der Waals surface area contributed by atoms with Crippen molar-refractivity contribution in [2.24, 2.45) is 5.73 Å². The maximum absolute atomic E-state index is 13.9. The molecule has 0 unspecified atom stereocenters. The first kappa shape index (κ1) is 13.3. The van der Waals surface area contributed by atoms with E-state index in [0.717, 1.165) is 25.7 Å². The van der Waals surface area contributed by atoms with E-state index in [1.54, 1.807) is 4.90 Å². The lowest BCUT2D eigenvalue weighted by molar-refractivity contribution is -0.116. The van der Waals surface area contributed by atoms with Crippen LogP contribution in [-0.4, -0.2) is 23.5 Å². The van der Waals surface area contributed by atoms with Crippen molar-refractivity contribution in [2.45, 2.75) is 31.7 Å². The molecule has 1 aliphatic carbocycles. The molecule has 1 fully saturated rings. The number of pyridine rings is 1. The molecule has 6 heteroatoms. The van der Waals surface area contributed by atoms with Crippen LogP contribution in [0, 0.1) is 5.82 Å². The van der Waals surface area contributed by atoms with E-state index in [1.807, 2.05) is 0 Å². The Morgan fingerprint density at radius 2 is 2.22 bits per heavy atom. The third kappa shape index (κ3) is 2.98. The fraction of sp³-hybridized carbons (Fsp3) is 0.500. The van der Waals surface area contributed by atoms with Gasteiger partial charge in [-0.1, -0.05) is 12.8 Å². The number of amides is 1. The summed E-state index contributed by atoms with van der Waals surface area (Å²) >= 11 is 3.17. The molecule has 1 amide bonds. The van der Waals surface area contributed by atoms with Crippen molar-refractivity contribution in [3.05, 3.63) is 22.6 Å². The van der Waals surface area contributed by atoms with Crippen LogP contribution in [0.15, 0.2) is 16.7 Å². The summed E-state index contributed by atoms with van der Waals surface area (Å²) in [6.07, 6.45) is 5.62. The van der Waals surface area contributed by atoms with Gasteiger partial charge in [-0.25, -0.2) is 9.37 Å². The number of primary amides is 1. The van der Waals surface area contributed by atoms with Gasteiger partial charge in [0.1, 0.15) is 0 Å². The molecule has 0 saturated heterocycles. The largest absolute Gasteiger partial charge is 0.368 e. The standard InChI is InChI=1S/C12H15BrFN3O/c13-8-5-10(14)12(16-6-8)17(7-11(15)18)9-3-1-2-4-9/h5-6,9H,1-4,7H2,(H2,15,18). The average molecular weight is 316 g/mol. The number of hydrogen-bond acceptors (Lipinski definition) is 3. The van der Waals surface area contributed by atoms with Crippen LogP contribution in [0.3, 0.4) is 0 Å². The summed E-state index contributed by atoms with van der Waals surface area (Å²) in [6, 6.07) is 1.51. The van der Waals surface area contributed by atoms with Crippen molar-refractivity contribution in [3.8, 4) is 0 Å². The summed E-state index contributed by atoms with van der Waals surface area (Å²) in [5.41, 5.74) is 5.24. The van der Waals surface area contributed by atoms with Gasteiger partial charge >= 0.3 is 0 Å². The summed E-state index contributed by atoms with van der Waals surface area (Å²) < 4.78 is 14.5. The van der Waals surface area contributed by atoms with Crippen LogP contribution in [0.25, 0.3) is 0 Å². The quantitative estimate of drug-likeness (QED) is 0.926. The molecule has 1 aliphatic rings. The Balaban J connectivity index is 2.29. The average Bonchev–Trinajstić information content (AvgIpc) is 2.79. The van der Waals surface area contributed by atoms with Crippen LogP contribution in [0.5, 0.6) is 0 Å². The van der Waals surface area contributed by atoms with Gasteiger partial charge in [-0.3, -0.25) is 4.79 Å². The number of nitrogens with two attached hydrogens (primary N) is 1. The Labute approximate surface area is 113 Å². The van der Waals surface area contributed by atoms with Crippen molar-refractivity contribution in [2.75, 3.05) is 11.4 Å². The summed E-state index contributed by atoms with van der Waals surface area (Å²) in [4.78, 5) is 16.9. The number of nitrogens with zero attached hydrogens (tertiary/aromatic N) is 2. The Morgan fingerprint density at radius 3 is 2.78 bits per heavy atom. The van der Waals surface area contributed by atoms with E-state index in [0.29, 0.717) is 4.47 Å². The van der Waals surface area contributed by atoms with Crippen molar-refractivity contribution in [3.63, 3.8) is 0 Å². The number of carbonyl (C=O) groups is 1. The lowest BCUT2D eigenvalue weighted by Gasteiger charge is -2.29. The van der Waals surface area contributed by atoms with Gasteiger partial charge in [0.25, 0.3) is 0 Å². The lowest BCUT2D eigenvalue weighted by Crippen LogP contribution is -2.41. The fourth-order valence-corrected chi connectivity index (χ4v) is 2.68. The zero-order valence-corrected chi connectivity index (χ0v) is 11.5. The monoisotopic (exact) mass is 315 g/mol. The molecule has 1 heterocycles. The highest BCUT2D eigenvalue weighted by atomic mass is 79.9. The molecule has 4 nitrogen and oxygen atoms in total. The number of rotatable bonds is 4. The molecule has 0 aromatic carbocycles. The van der Waals surface area contributed by atoms with Crippen LogP contribution in [-0.2, 0) is 4.79 Å². The van der Waals surface area contributed by atoms with Crippen molar-refractivity contribution >= 4 is 27.7 Å². The summed E-state index contributed by atoms with van der Waals surface area (Å²) in [7, 11) is 0. The minimum Gasteiger partial charge on any atom is -0.368 e. The smallest absolute Gasteiger partial charge is 0.237 e. The maximum atomic E-state index is 13.9. The second-order valence-electron chi connectivity index (χ2n) is 4.49. The van der Waals surface area contributed by atoms with Crippen molar-refractivity contribution in [1.82, 2.24) is 4.98 Å². The molecule has 0 spiro atoms. The van der Waals surface area contributed by atoms with E-state index in [4.69, 9.17) is 5.73 Å². The highest BCUT2D eigenvalue weighted by Crippen LogP contribution is 2.29. The van der Waals surface area contributed by atoms with Gasteiger partial charge in [-0.2, -0.15) is 0 Å². The third-order valence-corrected chi connectivity index (χ3v) is 3.59. The molecule has 1 aromatic rings. The normalized spacial score (nSPS) is 15.9. The zero-order valence-electron chi connectivity index (χ0n) is 9.90. The van der Waals surface area contributed by atoms with Crippen molar-refractivity contribution in [1.29, 1.82) is 0 Å². The van der Waals surface area contributed by atoms with Crippen LogP contribution in [0.2, 0.25) is 0 Å². The summed E-state index contributed by atoms with van der Waals surface area (Å²) in [5.74, 6) is -0.688. The second kappa shape index (κ2) is 5.65. The van der Waals surface area contributed by atoms with Gasteiger partial charge in [0, 0.05) is 16.7 Å². The van der Waals surface area contributed by atoms with Gasteiger partial charge in [0.15, 0.2) is 11.6 Å². The fourth-order valence-electron chi connectivity index (χ4n) is 2.38. The lowest BCUT2D eigenvalue weighted by atomic mass is 10.2. The van der Waals surface area contributed by atoms with Crippen molar-refractivity contribution < 1.29 is 9.18 Å². The number of halogens is 2.